The molecule has 2 atom stereocenters. The molecule has 25 heavy (non-hydrogen) atoms. The number of hydrogen-bond acceptors (Lipinski definition) is 2. The molecule has 0 aliphatic heterocycles. The van der Waals surface area contributed by atoms with Crippen LogP contribution >= 0.6 is 0 Å². The number of aryl methyl sites for hydroxylation is 1. The third-order valence-corrected chi connectivity index (χ3v) is 4.46. The maximum Gasteiger partial charge on any atom is 0.275 e. The molecule has 0 fully saturated rings. The van der Waals surface area contributed by atoms with Crippen molar-refractivity contribution in [3.8, 4) is 0 Å². The Morgan fingerprint density at radius 1 is 1.16 bits per heavy atom. The Morgan fingerprint density at radius 2 is 1.88 bits per heavy atom. The summed E-state index contributed by atoms with van der Waals surface area (Å²) in [5, 5.41) is 4.09. The standard InChI is InChI=1S/C21H24N2O2/c1-15-8-4-5-10-18(15)13-23(3)14-21(24)22-16(2)20-12-17-9-6-7-11-19(17)25-20/h4-12,16H,13-14H2,1-3H3,(H,22,24)/p+1/t16-/m1/s1. The Bertz CT molecular complexity index is 836. The highest BCUT2D eigenvalue weighted by Crippen LogP contribution is 2.23. The van der Waals surface area contributed by atoms with E-state index < -0.39 is 0 Å². The van der Waals surface area contributed by atoms with Crippen molar-refractivity contribution >= 4 is 16.9 Å². The van der Waals surface area contributed by atoms with Gasteiger partial charge in [0.25, 0.3) is 5.91 Å². The molecule has 2 aromatic carbocycles. The third kappa shape index (κ3) is 4.28. The average molecular weight is 337 g/mol. The van der Waals surface area contributed by atoms with Crippen LogP contribution < -0.4 is 10.2 Å². The van der Waals surface area contributed by atoms with E-state index in [4.69, 9.17) is 4.42 Å². The lowest BCUT2D eigenvalue weighted by molar-refractivity contribution is -0.885. The van der Waals surface area contributed by atoms with Crippen LogP contribution in [0.25, 0.3) is 11.0 Å². The number of amides is 1. The van der Waals surface area contributed by atoms with E-state index in [-0.39, 0.29) is 11.9 Å². The Morgan fingerprint density at radius 3 is 2.64 bits per heavy atom. The molecule has 0 saturated carbocycles. The molecule has 0 saturated heterocycles. The molecule has 2 N–H and O–H groups in total. The maximum atomic E-state index is 12.4. The Kier molecular flexibility index (Phi) is 5.19. The highest BCUT2D eigenvalue weighted by Gasteiger charge is 2.17. The number of rotatable bonds is 6. The second-order valence-corrected chi connectivity index (χ2v) is 6.71. The predicted molar refractivity (Wildman–Crippen MR) is 99.4 cm³/mol. The quantitative estimate of drug-likeness (QED) is 0.726. The van der Waals surface area contributed by atoms with E-state index in [1.54, 1.807) is 0 Å². The zero-order valence-corrected chi connectivity index (χ0v) is 15.0. The number of furan rings is 1. The van der Waals surface area contributed by atoms with Crippen molar-refractivity contribution in [1.29, 1.82) is 0 Å². The van der Waals surface area contributed by atoms with Gasteiger partial charge in [0.05, 0.1) is 13.1 Å². The zero-order chi connectivity index (χ0) is 17.8. The summed E-state index contributed by atoms with van der Waals surface area (Å²) < 4.78 is 5.83. The number of nitrogens with one attached hydrogen (secondary N) is 2. The van der Waals surface area contributed by atoms with Crippen LogP contribution in [0.4, 0.5) is 0 Å². The summed E-state index contributed by atoms with van der Waals surface area (Å²) in [6.07, 6.45) is 0. The van der Waals surface area contributed by atoms with Crippen LogP contribution in [-0.4, -0.2) is 19.5 Å². The lowest BCUT2D eigenvalue weighted by Crippen LogP contribution is -3.09. The lowest BCUT2D eigenvalue weighted by Gasteiger charge is -2.17. The van der Waals surface area contributed by atoms with Crippen LogP contribution in [0.3, 0.4) is 0 Å². The van der Waals surface area contributed by atoms with Gasteiger partial charge in [-0.25, -0.2) is 0 Å². The number of quaternary nitrogens is 1. The molecular formula is C21H25N2O2+. The van der Waals surface area contributed by atoms with E-state index in [2.05, 4.69) is 24.4 Å². The highest BCUT2D eigenvalue weighted by molar-refractivity contribution is 5.79. The molecule has 130 valence electrons. The first-order valence-corrected chi connectivity index (χ1v) is 8.66. The predicted octanol–water partition coefficient (Wildman–Crippen LogP) is 2.63. The largest absolute Gasteiger partial charge is 0.459 e. The van der Waals surface area contributed by atoms with Crippen molar-refractivity contribution in [2.24, 2.45) is 0 Å². The van der Waals surface area contributed by atoms with Gasteiger partial charge < -0.3 is 14.6 Å². The van der Waals surface area contributed by atoms with Gasteiger partial charge in [0, 0.05) is 10.9 Å². The molecule has 1 amide bonds. The molecule has 0 radical (unpaired) electrons. The number of likely N-dealkylation sites (N-methyl/N-ethyl adjacent to an activating group) is 1. The van der Waals surface area contributed by atoms with Crippen LogP contribution in [0, 0.1) is 6.92 Å². The van der Waals surface area contributed by atoms with Crippen molar-refractivity contribution in [2.45, 2.75) is 26.4 Å². The van der Waals surface area contributed by atoms with E-state index in [1.165, 1.54) is 11.1 Å². The fourth-order valence-electron chi connectivity index (χ4n) is 3.05. The summed E-state index contributed by atoms with van der Waals surface area (Å²) in [7, 11) is 2.04. The molecule has 1 aromatic heterocycles. The fraction of sp³-hybridized carbons (Fsp3) is 0.286. The monoisotopic (exact) mass is 337 g/mol. The lowest BCUT2D eigenvalue weighted by atomic mass is 10.1. The minimum absolute atomic E-state index is 0.0269. The van der Waals surface area contributed by atoms with Crippen LogP contribution in [-0.2, 0) is 11.3 Å². The molecule has 3 rings (SSSR count). The van der Waals surface area contributed by atoms with E-state index in [1.807, 2.05) is 56.4 Å². The number of benzene rings is 2. The third-order valence-electron chi connectivity index (χ3n) is 4.46. The van der Waals surface area contributed by atoms with Crippen LogP contribution in [0.2, 0.25) is 0 Å². The molecule has 4 heteroatoms. The second-order valence-electron chi connectivity index (χ2n) is 6.71. The molecular weight excluding hydrogens is 312 g/mol. The van der Waals surface area contributed by atoms with Crippen LogP contribution in [0.15, 0.2) is 59.0 Å². The first-order valence-electron chi connectivity index (χ1n) is 8.66. The Hall–Kier alpha value is -2.59. The number of carbonyl (C=O) groups excluding carboxylic acids is 1. The van der Waals surface area contributed by atoms with Crippen molar-refractivity contribution in [3.05, 3.63) is 71.5 Å². The zero-order valence-electron chi connectivity index (χ0n) is 15.0. The van der Waals surface area contributed by atoms with Gasteiger partial charge in [-0.3, -0.25) is 4.79 Å². The number of carbonyl (C=O) groups is 1. The second kappa shape index (κ2) is 7.53. The topological polar surface area (TPSA) is 46.7 Å². The maximum absolute atomic E-state index is 12.4. The van der Waals surface area contributed by atoms with Crippen molar-refractivity contribution in [2.75, 3.05) is 13.6 Å². The number of hydrogen-bond donors (Lipinski definition) is 2. The van der Waals surface area contributed by atoms with E-state index in [0.29, 0.717) is 6.54 Å². The molecule has 0 aliphatic rings. The SMILES string of the molecule is Cc1ccccc1C[NH+](C)CC(=O)N[C@H](C)c1cc2ccccc2o1. The fourth-order valence-corrected chi connectivity index (χ4v) is 3.05. The van der Waals surface area contributed by atoms with Crippen molar-refractivity contribution in [1.82, 2.24) is 5.32 Å². The normalized spacial score (nSPS) is 13.6. The molecule has 0 bridgehead atoms. The number of fused-ring (bicyclic) bond motifs is 1. The summed E-state index contributed by atoms with van der Waals surface area (Å²) in [5.74, 6) is 0.810. The Labute approximate surface area is 148 Å². The van der Waals surface area contributed by atoms with Gasteiger partial charge in [-0.15, -0.1) is 0 Å². The summed E-state index contributed by atoms with van der Waals surface area (Å²) in [6.45, 7) is 5.32. The molecule has 1 unspecified atom stereocenters. The van der Waals surface area contributed by atoms with Gasteiger partial charge in [-0.1, -0.05) is 42.5 Å². The first-order chi connectivity index (χ1) is 12.0. The average Bonchev–Trinajstić information content (AvgIpc) is 3.01. The first kappa shape index (κ1) is 17.2. The molecule has 0 aliphatic carbocycles. The Balaban J connectivity index is 1.57. The molecule has 4 nitrogen and oxygen atoms in total. The highest BCUT2D eigenvalue weighted by atomic mass is 16.3. The van der Waals surface area contributed by atoms with E-state index in [9.17, 15) is 4.79 Å². The van der Waals surface area contributed by atoms with Crippen LogP contribution in [0.1, 0.15) is 29.9 Å². The number of para-hydroxylation sites is 1. The van der Waals surface area contributed by atoms with E-state index >= 15 is 0 Å². The van der Waals surface area contributed by atoms with Gasteiger partial charge >= 0.3 is 0 Å². The summed E-state index contributed by atoms with van der Waals surface area (Å²) in [6, 6.07) is 18.0. The van der Waals surface area contributed by atoms with Gasteiger partial charge in [0.2, 0.25) is 0 Å². The van der Waals surface area contributed by atoms with Crippen molar-refractivity contribution < 1.29 is 14.1 Å². The molecule has 1 heterocycles. The molecule has 3 aromatic rings. The smallest absolute Gasteiger partial charge is 0.275 e. The summed E-state index contributed by atoms with van der Waals surface area (Å²) >= 11 is 0. The van der Waals surface area contributed by atoms with Gasteiger partial charge in [0.1, 0.15) is 17.9 Å². The van der Waals surface area contributed by atoms with Gasteiger partial charge in [0.15, 0.2) is 6.54 Å². The van der Waals surface area contributed by atoms with Crippen LogP contribution in [0.5, 0.6) is 0 Å². The minimum atomic E-state index is -0.147. The summed E-state index contributed by atoms with van der Waals surface area (Å²) in [4.78, 5) is 13.5. The molecule has 0 spiro atoms. The van der Waals surface area contributed by atoms with Gasteiger partial charge in [-0.05, 0) is 31.5 Å². The van der Waals surface area contributed by atoms with E-state index in [0.717, 1.165) is 28.2 Å². The minimum Gasteiger partial charge on any atom is -0.459 e. The van der Waals surface area contributed by atoms with Crippen molar-refractivity contribution in [3.63, 3.8) is 0 Å². The summed E-state index contributed by atoms with van der Waals surface area (Å²) in [5.41, 5.74) is 3.39. The van der Waals surface area contributed by atoms with Gasteiger partial charge in [-0.2, -0.15) is 0 Å².